The van der Waals surface area contributed by atoms with Gasteiger partial charge in [0.25, 0.3) is 17.4 Å². The number of hydrogen-bond acceptors (Lipinski definition) is 3. The summed E-state index contributed by atoms with van der Waals surface area (Å²) < 4.78 is 14.4. The number of rotatable bonds is 6. The lowest BCUT2D eigenvalue weighted by Crippen LogP contribution is -2.31. The lowest BCUT2D eigenvalue weighted by molar-refractivity contribution is 0.0948. The quantitative estimate of drug-likeness (QED) is 0.472. The Hall–Kier alpha value is -4.52. The van der Waals surface area contributed by atoms with E-state index in [1.165, 1.54) is 34.9 Å². The molecule has 0 saturated heterocycles. The number of amides is 2. The average molecular weight is 441 g/mol. The molecule has 6 nitrogen and oxygen atoms in total. The minimum Gasteiger partial charge on any atom is -0.348 e. The Morgan fingerprint density at radius 2 is 1.48 bits per heavy atom. The first kappa shape index (κ1) is 21.7. The van der Waals surface area contributed by atoms with Gasteiger partial charge in [0.05, 0.1) is 0 Å². The van der Waals surface area contributed by atoms with Crippen LogP contribution in [0.4, 0.5) is 10.1 Å². The fourth-order valence-electron chi connectivity index (χ4n) is 3.25. The van der Waals surface area contributed by atoms with E-state index in [1.807, 2.05) is 30.3 Å². The van der Waals surface area contributed by atoms with Gasteiger partial charge in [0.15, 0.2) is 0 Å². The Balaban J connectivity index is 1.47. The van der Waals surface area contributed by atoms with Crippen molar-refractivity contribution >= 4 is 17.5 Å². The molecule has 1 heterocycles. The number of halogens is 1. The monoisotopic (exact) mass is 441 g/mol. The van der Waals surface area contributed by atoms with Crippen LogP contribution in [0.25, 0.3) is 5.69 Å². The minimum absolute atomic E-state index is 0.0297. The zero-order valence-electron chi connectivity index (χ0n) is 17.5. The van der Waals surface area contributed by atoms with E-state index in [0.717, 1.165) is 5.56 Å². The molecule has 2 amide bonds. The third kappa shape index (κ3) is 5.22. The highest BCUT2D eigenvalue weighted by Gasteiger charge is 2.13. The van der Waals surface area contributed by atoms with E-state index in [-0.39, 0.29) is 11.5 Å². The first-order valence-corrected chi connectivity index (χ1v) is 10.2. The van der Waals surface area contributed by atoms with E-state index >= 15 is 0 Å². The number of carbonyl (C=O) groups is 2. The van der Waals surface area contributed by atoms with E-state index in [2.05, 4.69) is 10.6 Å². The van der Waals surface area contributed by atoms with Gasteiger partial charge < -0.3 is 10.6 Å². The number of hydrogen-bond donors (Lipinski definition) is 2. The Labute approximate surface area is 189 Å². The first-order valence-electron chi connectivity index (χ1n) is 10.2. The van der Waals surface area contributed by atoms with Gasteiger partial charge in [-0.3, -0.25) is 19.0 Å². The highest BCUT2D eigenvalue weighted by atomic mass is 19.1. The van der Waals surface area contributed by atoms with Crippen LogP contribution in [-0.4, -0.2) is 16.4 Å². The van der Waals surface area contributed by atoms with Gasteiger partial charge in [0, 0.05) is 29.7 Å². The van der Waals surface area contributed by atoms with Crippen LogP contribution in [0, 0.1) is 5.82 Å². The molecule has 4 rings (SSSR count). The molecule has 0 saturated carbocycles. The zero-order chi connectivity index (χ0) is 23.2. The molecular weight excluding hydrogens is 421 g/mol. The Morgan fingerprint density at radius 1 is 0.788 bits per heavy atom. The van der Waals surface area contributed by atoms with Crippen LogP contribution in [-0.2, 0) is 6.54 Å². The zero-order valence-corrected chi connectivity index (χ0v) is 17.5. The molecule has 0 aliphatic rings. The van der Waals surface area contributed by atoms with E-state index in [0.29, 0.717) is 23.5 Å². The smallest absolute Gasteiger partial charge is 0.267 e. The second-order valence-corrected chi connectivity index (χ2v) is 7.27. The Bertz CT molecular complexity index is 1330. The van der Waals surface area contributed by atoms with Crippen molar-refractivity contribution < 1.29 is 14.0 Å². The van der Waals surface area contributed by atoms with Gasteiger partial charge in [0.1, 0.15) is 11.4 Å². The van der Waals surface area contributed by atoms with Gasteiger partial charge in [-0.05, 0) is 66.2 Å². The summed E-state index contributed by atoms with van der Waals surface area (Å²) in [7, 11) is 0. The molecule has 0 atom stereocenters. The van der Waals surface area contributed by atoms with Gasteiger partial charge in [-0.1, -0.05) is 30.3 Å². The Kier molecular flexibility index (Phi) is 6.40. The van der Waals surface area contributed by atoms with Crippen molar-refractivity contribution in [2.24, 2.45) is 0 Å². The molecule has 7 heteroatoms. The third-order valence-electron chi connectivity index (χ3n) is 5.00. The van der Waals surface area contributed by atoms with Crippen LogP contribution in [0.1, 0.15) is 26.3 Å². The minimum atomic E-state index is -0.457. The van der Waals surface area contributed by atoms with Gasteiger partial charge in [-0.25, -0.2) is 4.39 Å². The number of nitrogens with one attached hydrogen (secondary N) is 2. The summed E-state index contributed by atoms with van der Waals surface area (Å²) in [6.45, 7) is 0.316. The molecule has 2 N–H and O–H groups in total. The van der Waals surface area contributed by atoms with Crippen molar-refractivity contribution in [1.29, 1.82) is 0 Å². The van der Waals surface area contributed by atoms with Crippen LogP contribution < -0.4 is 16.2 Å². The summed E-state index contributed by atoms with van der Waals surface area (Å²) in [6, 6.07) is 24.4. The summed E-state index contributed by atoms with van der Waals surface area (Å²) in [6.07, 6.45) is 1.57. The highest BCUT2D eigenvalue weighted by molar-refractivity contribution is 6.04. The number of pyridine rings is 1. The summed E-state index contributed by atoms with van der Waals surface area (Å²) in [4.78, 5) is 37.7. The van der Waals surface area contributed by atoms with Crippen molar-refractivity contribution in [3.05, 3.63) is 130 Å². The van der Waals surface area contributed by atoms with Crippen LogP contribution >= 0.6 is 0 Å². The van der Waals surface area contributed by atoms with Crippen molar-refractivity contribution in [3.8, 4) is 5.69 Å². The van der Waals surface area contributed by atoms with Crippen molar-refractivity contribution in [2.75, 3.05) is 5.32 Å². The lowest BCUT2D eigenvalue weighted by atomic mass is 10.2. The first-order chi connectivity index (χ1) is 16.0. The highest BCUT2D eigenvalue weighted by Crippen LogP contribution is 2.14. The molecule has 0 bridgehead atoms. The molecule has 1 aromatic heterocycles. The summed E-state index contributed by atoms with van der Waals surface area (Å²) in [5.41, 5.74) is 1.88. The largest absolute Gasteiger partial charge is 0.348 e. The molecular formula is C26H20FN3O3. The van der Waals surface area contributed by atoms with Crippen LogP contribution in [0.5, 0.6) is 0 Å². The summed E-state index contributed by atoms with van der Waals surface area (Å²) in [5, 5.41) is 5.48. The van der Waals surface area contributed by atoms with Gasteiger partial charge in [-0.2, -0.15) is 0 Å². The van der Waals surface area contributed by atoms with E-state index in [4.69, 9.17) is 0 Å². The molecule has 0 fully saturated rings. The predicted molar refractivity (Wildman–Crippen MR) is 124 cm³/mol. The predicted octanol–water partition coefficient (Wildman–Crippen LogP) is 4.16. The molecule has 0 aliphatic heterocycles. The number of benzene rings is 3. The molecule has 0 radical (unpaired) electrons. The van der Waals surface area contributed by atoms with Gasteiger partial charge in [-0.15, -0.1) is 0 Å². The maximum atomic E-state index is 13.0. The summed E-state index contributed by atoms with van der Waals surface area (Å²) >= 11 is 0. The van der Waals surface area contributed by atoms with Gasteiger partial charge >= 0.3 is 0 Å². The second-order valence-electron chi connectivity index (χ2n) is 7.27. The molecule has 4 aromatic rings. The van der Waals surface area contributed by atoms with Crippen molar-refractivity contribution in [2.45, 2.75) is 6.54 Å². The maximum Gasteiger partial charge on any atom is 0.267 e. The maximum absolute atomic E-state index is 13.0. The van der Waals surface area contributed by atoms with Crippen LogP contribution in [0.15, 0.2) is 102 Å². The molecule has 0 spiro atoms. The average Bonchev–Trinajstić information content (AvgIpc) is 2.84. The van der Waals surface area contributed by atoms with E-state index in [1.54, 1.807) is 36.5 Å². The van der Waals surface area contributed by atoms with Gasteiger partial charge in [0.2, 0.25) is 0 Å². The third-order valence-corrected chi connectivity index (χ3v) is 5.00. The normalized spacial score (nSPS) is 10.5. The van der Waals surface area contributed by atoms with Crippen LogP contribution in [0.3, 0.4) is 0 Å². The number of carbonyl (C=O) groups excluding carboxylic acids is 2. The molecule has 164 valence electrons. The number of anilines is 1. The lowest BCUT2D eigenvalue weighted by Gasteiger charge is -2.10. The van der Waals surface area contributed by atoms with E-state index in [9.17, 15) is 18.8 Å². The number of aromatic nitrogens is 1. The SMILES string of the molecule is O=C(Nc1ccc(-n2cccc(C(=O)NCc3ccccc3)c2=O)cc1)c1ccc(F)cc1. The molecule has 0 aliphatic carbocycles. The van der Waals surface area contributed by atoms with Crippen LogP contribution in [0.2, 0.25) is 0 Å². The second kappa shape index (κ2) is 9.74. The molecule has 3 aromatic carbocycles. The standard InChI is InChI=1S/C26H20FN3O3/c27-20-10-8-19(9-11-20)24(31)29-21-12-14-22(15-13-21)30-16-4-7-23(26(30)33)25(32)28-17-18-5-2-1-3-6-18/h1-16H,17H2,(H,28,32)(H,29,31). The summed E-state index contributed by atoms with van der Waals surface area (Å²) in [5.74, 6) is -1.25. The van der Waals surface area contributed by atoms with Crippen molar-refractivity contribution in [3.63, 3.8) is 0 Å². The van der Waals surface area contributed by atoms with Crippen molar-refractivity contribution in [1.82, 2.24) is 9.88 Å². The van der Waals surface area contributed by atoms with E-state index < -0.39 is 17.3 Å². The fourth-order valence-corrected chi connectivity index (χ4v) is 3.25. The number of nitrogens with zero attached hydrogens (tertiary/aromatic N) is 1. The molecule has 33 heavy (non-hydrogen) atoms. The Morgan fingerprint density at radius 3 is 2.18 bits per heavy atom. The molecule has 0 unspecified atom stereocenters. The topological polar surface area (TPSA) is 80.2 Å². The fraction of sp³-hybridized carbons (Fsp3) is 0.0385.